The highest BCUT2D eigenvalue weighted by molar-refractivity contribution is 7.86. The number of halogens is 3. The van der Waals surface area contributed by atoms with Gasteiger partial charge in [-0.15, -0.1) is 0 Å². The molecule has 0 atom stereocenters. The first kappa shape index (κ1) is 12.0. The van der Waals surface area contributed by atoms with E-state index in [-0.39, 0.29) is 4.90 Å². The molecule has 0 spiro atoms. The van der Waals surface area contributed by atoms with Crippen LogP contribution >= 0.6 is 0 Å². The van der Waals surface area contributed by atoms with Crippen LogP contribution in [0.25, 0.3) is 0 Å². The van der Waals surface area contributed by atoms with E-state index in [2.05, 4.69) is 4.18 Å². The van der Waals surface area contributed by atoms with Crippen molar-refractivity contribution in [2.75, 3.05) is 0 Å². The minimum atomic E-state index is -4.47. The van der Waals surface area contributed by atoms with Gasteiger partial charge in [0.2, 0.25) is 5.83 Å². The van der Waals surface area contributed by atoms with E-state index in [1.807, 2.05) is 0 Å². The molecular weight excluding hydrogens is 257 g/mol. The van der Waals surface area contributed by atoms with E-state index < -0.39 is 28.6 Å². The maximum absolute atomic E-state index is 12.6. The van der Waals surface area contributed by atoms with Crippen molar-refractivity contribution in [2.24, 2.45) is 0 Å². The zero-order valence-corrected chi connectivity index (χ0v) is 9.47. The summed E-state index contributed by atoms with van der Waals surface area (Å²) in [5.74, 6) is -2.23. The summed E-state index contributed by atoms with van der Waals surface area (Å²) in [7, 11) is -4.47. The lowest BCUT2D eigenvalue weighted by molar-refractivity contribution is 0.154. The Morgan fingerprint density at radius 1 is 1.41 bits per heavy atom. The van der Waals surface area contributed by atoms with Crippen molar-refractivity contribution in [2.45, 2.75) is 18.2 Å². The molecule has 0 aliphatic rings. The minimum Gasteiger partial charge on any atom is -0.384 e. The predicted octanol–water partition coefficient (Wildman–Crippen LogP) is 2.78. The van der Waals surface area contributed by atoms with Crippen molar-refractivity contribution in [1.82, 2.24) is 0 Å². The zero-order chi connectivity index (χ0) is 13.9. The van der Waals surface area contributed by atoms with E-state index in [1.54, 1.807) is 6.92 Å². The van der Waals surface area contributed by atoms with Crippen LogP contribution in [0.15, 0.2) is 41.2 Å². The fourth-order valence-corrected chi connectivity index (χ4v) is 1.65. The summed E-state index contributed by atoms with van der Waals surface area (Å²) < 4.78 is 70.1. The molecule has 0 heterocycles. The molecular formula is C10H9F3O3S. The van der Waals surface area contributed by atoms with Crippen LogP contribution in [0, 0.1) is 6.92 Å². The molecule has 0 unspecified atom stereocenters. The Morgan fingerprint density at radius 2 is 1.94 bits per heavy atom. The SMILES string of the molecule is [2H]/C(OS(=O)(=O)c1ccc(C)cc1)=C(/F)C(F)F. The van der Waals surface area contributed by atoms with E-state index in [0.717, 1.165) is 17.7 Å². The summed E-state index contributed by atoms with van der Waals surface area (Å²) in [6.07, 6.45) is -5.31. The van der Waals surface area contributed by atoms with Crippen LogP contribution in [-0.4, -0.2) is 14.8 Å². The number of benzene rings is 1. The molecule has 0 aliphatic carbocycles. The summed E-state index contributed by atoms with van der Waals surface area (Å²) in [5, 5.41) is 0. The van der Waals surface area contributed by atoms with Crippen LogP contribution in [0.2, 0.25) is 0 Å². The summed E-state index contributed by atoms with van der Waals surface area (Å²) in [4.78, 5) is -0.347. The molecule has 0 radical (unpaired) electrons. The summed E-state index contributed by atoms with van der Waals surface area (Å²) >= 11 is 0. The van der Waals surface area contributed by atoms with Gasteiger partial charge < -0.3 is 4.18 Å². The molecule has 0 saturated heterocycles. The van der Waals surface area contributed by atoms with Crippen molar-refractivity contribution in [3.05, 3.63) is 41.9 Å². The van der Waals surface area contributed by atoms with Crippen LogP contribution in [0.3, 0.4) is 0 Å². The molecule has 17 heavy (non-hydrogen) atoms. The molecule has 1 aromatic carbocycles. The molecule has 94 valence electrons. The van der Waals surface area contributed by atoms with Crippen LogP contribution < -0.4 is 0 Å². The van der Waals surface area contributed by atoms with Crippen LogP contribution in [0.5, 0.6) is 0 Å². The average Bonchev–Trinajstić information content (AvgIpc) is 2.27. The Morgan fingerprint density at radius 3 is 2.41 bits per heavy atom. The number of aryl methyl sites for hydroxylation is 1. The highest BCUT2D eigenvalue weighted by atomic mass is 32.2. The van der Waals surface area contributed by atoms with Gasteiger partial charge in [-0.3, -0.25) is 0 Å². The predicted molar refractivity (Wildman–Crippen MR) is 54.6 cm³/mol. The fraction of sp³-hybridized carbons (Fsp3) is 0.200. The molecule has 0 N–H and O–H groups in total. The summed E-state index contributed by atoms with van der Waals surface area (Å²) in [6, 6.07) is 5.23. The van der Waals surface area contributed by atoms with Crippen molar-refractivity contribution in [3.63, 3.8) is 0 Å². The largest absolute Gasteiger partial charge is 0.384 e. The second-order valence-electron chi connectivity index (χ2n) is 3.10. The zero-order valence-electron chi connectivity index (χ0n) is 9.65. The maximum Gasteiger partial charge on any atom is 0.338 e. The van der Waals surface area contributed by atoms with E-state index in [0.29, 0.717) is 0 Å². The normalized spacial score (nSPS) is 14.3. The number of alkyl halides is 2. The van der Waals surface area contributed by atoms with E-state index in [4.69, 9.17) is 1.37 Å². The Bertz CT molecular complexity index is 552. The molecule has 0 fully saturated rings. The lowest BCUT2D eigenvalue weighted by Gasteiger charge is -2.03. The average molecular weight is 267 g/mol. The third-order valence-electron chi connectivity index (χ3n) is 1.75. The van der Waals surface area contributed by atoms with Crippen LogP contribution in [0.4, 0.5) is 13.2 Å². The maximum atomic E-state index is 12.6. The third kappa shape index (κ3) is 3.77. The van der Waals surface area contributed by atoms with Crippen LogP contribution in [0.1, 0.15) is 6.93 Å². The van der Waals surface area contributed by atoms with E-state index in [1.165, 1.54) is 12.1 Å². The Labute approximate surface area is 98.1 Å². The number of rotatable bonds is 4. The van der Waals surface area contributed by atoms with Gasteiger partial charge in [-0.1, -0.05) is 17.7 Å². The lowest BCUT2D eigenvalue weighted by atomic mass is 10.2. The number of allylic oxidation sites excluding steroid dienone is 1. The van der Waals surface area contributed by atoms with Gasteiger partial charge in [0.15, 0.2) is 0 Å². The molecule has 0 saturated carbocycles. The Kier molecular flexibility index (Phi) is 3.68. The first-order valence-corrected chi connectivity index (χ1v) is 5.80. The van der Waals surface area contributed by atoms with Gasteiger partial charge in [0.05, 0.1) is 0 Å². The molecule has 3 nitrogen and oxygen atoms in total. The molecule has 1 aromatic rings. The first-order chi connectivity index (χ1) is 8.24. The lowest BCUT2D eigenvalue weighted by Crippen LogP contribution is -2.03. The molecule has 0 aliphatic heterocycles. The van der Waals surface area contributed by atoms with Crippen molar-refractivity contribution in [1.29, 1.82) is 0 Å². The molecule has 0 amide bonds. The molecule has 0 aromatic heterocycles. The summed E-state index contributed by atoms with van der Waals surface area (Å²) in [5.41, 5.74) is 0.773. The minimum absolute atomic E-state index is 0.347. The fourth-order valence-electron chi connectivity index (χ4n) is 0.892. The smallest absolute Gasteiger partial charge is 0.338 e. The van der Waals surface area contributed by atoms with Gasteiger partial charge in [-0.2, -0.15) is 8.42 Å². The molecule has 0 bridgehead atoms. The van der Waals surface area contributed by atoms with E-state index in [9.17, 15) is 21.6 Å². The van der Waals surface area contributed by atoms with Gasteiger partial charge >= 0.3 is 10.1 Å². The van der Waals surface area contributed by atoms with Crippen molar-refractivity contribution < 1.29 is 27.1 Å². The van der Waals surface area contributed by atoms with E-state index >= 15 is 0 Å². The standard InChI is InChI=1S/C10H9F3O3S/c1-7-2-4-8(5-3-7)17(14,15)16-6-9(11)10(12)13/h2-6,10H,1H3/b9-6-/i6D. The highest BCUT2D eigenvalue weighted by Crippen LogP contribution is 2.16. The molecule has 1 rings (SSSR count). The molecule has 7 heteroatoms. The second kappa shape index (κ2) is 5.22. The third-order valence-corrected chi connectivity index (χ3v) is 2.90. The highest BCUT2D eigenvalue weighted by Gasteiger charge is 2.17. The number of hydrogen-bond donors (Lipinski definition) is 0. The summed E-state index contributed by atoms with van der Waals surface area (Å²) in [6.45, 7) is 1.71. The van der Waals surface area contributed by atoms with Gasteiger partial charge in [0, 0.05) is 0 Å². The Hall–Kier alpha value is -1.50. The number of hydrogen-bond acceptors (Lipinski definition) is 3. The van der Waals surface area contributed by atoms with Crippen molar-refractivity contribution >= 4 is 10.1 Å². The topological polar surface area (TPSA) is 43.4 Å². The van der Waals surface area contributed by atoms with Crippen molar-refractivity contribution in [3.8, 4) is 0 Å². The van der Waals surface area contributed by atoms with Gasteiger partial charge in [-0.05, 0) is 19.1 Å². The first-order valence-electron chi connectivity index (χ1n) is 4.89. The van der Waals surface area contributed by atoms with Crippen LogP contribution in [-0.2, 0) is 14.3 Å². The van der Waals surface area contributed by atoms with Gasteiger partial charge in [-0.25, -0.2) is 13.2 Å². The quantitative estimate of drug-likeness (QED) is 0.622. The van der Waals surface area contributed by atoms with Gasteiger partial charge in [0.25, 0.3) is 6.43 Å². The second-order valence-corrected chi connectivity index (χ2v) is 4.65. The Balaban J connectivity index is 3.03. The van der Waals surface area contributed by atoms with Gasteiger partial charge in [0.1, 0.15) is 12.5 Å². The monoisotopic (exact) mass is 267 g/mol.